The molecule has 0 aliphatic rings. The highest BCUT2D eigenvalue weighted by Crippen LogP contribution is 2.27. The van der Waals surface area contributed by atoms with Gasteiger partial charge in [-0.15, -0.1) is 0 Å². The number of aromatic nitrogens is 2. The molecular weight excluding hydrogens is 288 g/mol. The largest absolute Gasteiger partial charge is 0.481 e. The lowest BCUT2D eigenvalue weighted by atomic mass is 10.0. The first-order valence-corrected chi connectivity index (χ1v) is 6.89. The molecule has 3 aromatic rings. The van der Waals surface area contributed by atoms with Crippen LogP contribution in [0.15, 0.2) is 48.9 Å². The normalized spacial score (nSPS) is 12.5. The van der Waals surface area contributed by atoms with Gasteiger partial charge in [0.2, 0.25) is 0 Å². The zero-order chi connectivity index (χ0) is 15.0. The molecule has 0 aliphatic carbocycles. The molecule has 106 valence electrons. The zero-order valence-corrected chi connectivity index (χ0v) is 12.1. The van der Waals surface area contributed by atoms with Crippen molar-refractivity contribution in [1.82, 2.24) is 9.55 Å². The van der Waals surface area contributed by atoms with E-state index in [1.54, 1.807) is 25.3 Å². The number of halogens is 1. The van der Waals surface area contributed by atoms with Gasteiger partial charge in [-0.25, -0.2) is 0 Å². The number of fused-ring (bicyclic) bond motifs is 1. The average molecular weight is 301 g/mol. The predicted molar refractivity (Wildman–Crippen MR) is 82.1 cm³/mol. The smallest absolute Gasteiger partial charge is 0.310 e. The van der Waals surface area contributed by atoms with Crippen LogP contribution in [0.25, 0.3) is 16.6 Å². The predicted octanol–water partition coefficient (Wildman–Crippen LogP) is 3.87. The third kappa shape index (κ3) is 2.50. The third-order valence-corrected chi connectivity index (χ3v) is 3.83. The van der Waals surface area contributed by atoms with Crippen molar-refractivity contribution in [3.8, 4) is 5.69 Å². The van der Waals surface area contributed by atoms with Gasteiger partial charge in [-0.2, -0.15) is 0 Å². The Bertz CT molecular complexity index is 793. The summed E-state index contributed by atoms with van der Waals surface area (Å²) in [5.74, 6) is -1.45. The number of carboxylic acids is 1. The standard InChI is InChI=1S/C16H13ClN2O2/c1-10(16(20)21)11-4-5-15(13(17)7-11)19-8-12-3-2-6-18-14(12)9-19/h2-10H,1H3,(H,20,21). The fourth-order valence-corrected chi connectivity index (χ4v) is 2.54. The highest BCUT2D eigenvalue weighted by molar-refractivity contribution is 6.32. The lowest BCUT2D eigenvalue weighted by Crippen LogP contribution is -2.07. The second-order valence-corrected chi connectivity index (χ2v) is 5.32. The quantitative estimate of drug-likeness (QED) is 0.799. The van der Waals surface area contributed by atoms with Crippen molar-refractivity contribution >= 4 is 28.5 Å². The van der Waals surface area contributed by atoms with E-state index in [2.05, 4.69) is 4.98 Å². The summed E-state index contributed by atoms with van der Waals surface area (Å²) >= 11 is 6.31. The number of carbonyl (C=O) groups is 1. The van der Waals surface area contributed by atoms with Gasteiger partial charge in [0, 0.05) is 24.0 Å². The van der Waals surface area contributed by atoms with Crippen molar-refractivity contribution in [2.75, 3.05) is 0 Å². The van der Waals surface area contributed by atoms with Gasteiger partial charge < -0.3 is 9.67 Å². The molecule has 1 N–H and O–H groups in total. The van der Waals surface area contributed by atoms with Gasteiger partial charge in [0.1, 0.15) is 0 Å². The van der Waals surface area contributed by atoms with Crippen LogP contribution in [-0.4, -0.2) is 20.6 Å². The lowest BCUT2D eigenvalue weighted by molar-refractivity contribution is -0.138. The van der Waals surface area contributed by atoms with E-state index in [0.717, 1.165) is 16.6 Å². The second-order valence-electron chi connectivity index (χ2n) is 4.91. The van der Waals surface area contributed by atoms with E-state index in [0.29, 0.717) is 10.6 Å². The van der Waals surface area contributed by atoms with Gasteiger partial charge in [-0.3, -0.25) is 9.78 Å². The van der Waals surface area contributed by atoms with Crippen molar-refractivity contribution in [3.05, 3.63) is 59.5 Å². The second kappa shape index (κ2) is 5.22. The average Bonchev–Trinajstić information content (AvgIpc) is 2.89. The number of carboxylic acid groups (broad SMARTS) is 1. The summed E-state index contributed by atoms with van der Waals surface area (Å²) in [5.41, 5.74) is 2.37. The third-order valence-electron chi connectivity index (χ3n) is 3.53. The Morgan fingerprint density at radius 1 is 1.33 bits per heavy atom. The molecule has 1 atom stereocenters. The van der Waals surface area contributed by atoms with E-state index in [-0.39, 0.29) is 0 Å². The Hall–Kier alpha value is -2.33. The maximum absolute atomic E-state index is 11.0. The Labute approximate surface area is 126 Å². The monoisotopic (exact) mass is 300 g/mol. The molecular formula is C16H13ClN2O2. The number of hydrogen-bond acceptors (Lipinski definition) is 2. The van der Waals surface area contributed by atoms with Crippen LogP contribution >= 0.6 is 11.6 Å². The van der Waals surface area contributed by atoms with Gasteiger partial charge in [0.25, 0.3) is 0 Å². The van der Waals surface area contributed by atoms with Crippen LogP contribution < -0.4 is 0 Å². The van der Waals surface area contributed by atoms with Crippen LogP contribution in [0, 0.1) is 0 Å². The number of pyridine rings is 1. The Morgan fingerprint density at radius 3 is 2.81 bits per heavy atom. The number of nitrogens with zero attached hydrogens (tertiary/aromatic N) is 2. The topological polar surface area (TPSA) is 55.1 Å². The SMILES string of the molecule is CC(C(=O)O)c1ccc(-n2cc3cccnc3c2)c(Cl)c1. The van der Waals surface area contributed by atoms with Gasteiger partial charge in [0.05, 0.1) is 22.1 Å². The molecule has 21 heavy (non-hydrogen) atoms. The van der Waals surface area contributed by atoms with Crippen molar-refractivity contribution in [2.24, 2.45) is 0 Å². The van der Waals surface area contributed by atoms with Crippen LogP contribution in [-0.2, 0) is 4.79 Å². The molecule has 2 heterocycles. The molecule has 0 amide bonds. The first kappa shape index (κ1) is 13.6. The molecule has 5 heteroatoms. The van der Waals surface area contributed by atoms with E-state index < -0.39 is 11.9 Å². The lowest BCUT2D eigenvalue weighted by Gasteiger charge is -2.10. The first-order valence-electron chi connectivity index (χ1n) is 6.51. The summed E-state index contributed by atoms with van der Waals surface area (Å²) in [6, 6.07) is 9.18. The van der Waals surface area contributed by atoms with E-state index in [4.69, 9.17) is 16.7 Å². The molecule has 0 fully saturated rings. The summed E-state index contributed by atoms with van der Waals surface area (Å²) in [6.07, 6.45) is 5.59. The van der Waals surface area contributed by atoms with Crippen LogP contribution in [0.5, 0.6) is 0 Å². The fraction of sp³-hybridized carbons (Fsp3) is 0.125. The number of aliphatic carboxylic acids is 1. The van der Waals surface area contributed by atoms with Crippen LogP contribution in [0.3, 0.4) is 0 Å². The zero-order valence-electron chi connectivity index (χ0n) is 11.3. The minimum Gasteiger partial charge on any atom is -0.481 e. The molecule has 4 nitrogen and oxygen atoms in total. The molecule has 2 aromatic heterocycles. The highest BCUT2D eigenvalue weighted by Gasteiger charge is 2.15. The molecule has 3 rings (SSSR count). The van der Waals surface area contributed by atoms with Gasteiger partial charge in [0.15, 0.2) is 0 Å². The summed E-state index contributed by atoms with van der Waals surface area (Å²) in [5, 5.41) is 10.6. The summed E-state index contributed by atoms with van der Waals surface area (Å²) in [6.45, 7) is 1.64. The van der Waals surface area contributed by atoms with Crippen LogP contribution in [0.1, 0.15) is 18.4 Å². The van der Waals surface area contributed by atoms with Gasteiger partial charge in [-0.1, -0.05) is 17.7 Å². The van der Waals surface area contributed by atoms with E-state index in [9.17, 15) is 4.79 Å². The minimum absolute atomic E-state index is 0.515. The molecule has 0 bridgehead atoms. The highest BCUT2D eigenvalue weighted by atomic mass is 35.5. The number of benzene rings is 1. The Balaban J connectivity index is 2.04. The molecule has 1 aromatic carbocycles. The molecule has 0 radical (unpaired) electrons. The van der Waals surface area contributed by atoms with Crippen molar-refractivity contribution in [3.63, 3.8) is 0 Å². The molecule has 0 saturated carbocycles. The molecule has 1 unspecified atom stereocenters. The van der Waals surface area contributed by atoms with Crippen molar-refractivity contribution < 1.29 is 9.90 Å². The van der Waals surface area contributed by atoms with Gasteiger partial charge >= 0.3 is 5.97 Å². The Morgan fingerprint density at radius 2 is 2.14 bits per heavy atom. The van der Waals surface area contributed by atoms with E-state index >= 15 is 0 Å². The van der Waals surface area contributed by atoms with Gasteiger partial charge in [-0.05, 0) is 36.8 Å². The Kier molecular flexibility index (Phi) is 3.39. The van der Waals surface area contributed by atoms with Crippen LogP contribution in [0.2, 0.25) is 5.02 Å². The number of hydrogen-bond donors (Lipinski definition) is 1. The summed E-state index contributed by atoms with van der Waals surface area (Å²) in [7, 11) is 0. The van der Waals surface area contributed by atoms with Crippen molar-refractivity contribution in [1.29, 1.82) is 0 Å². The molecule has 0 spiro atoms. The van der Waals surface area contributed by atoms with E-state index in [1.165, 1.54) is 0 Å². The maximum atomic E-state index is 11.0. The fourth-order valence-electron chi connectivity index (χ4n) is 2.25. The molecule has 0 aliphatic heterocycles. The summed E-state index contributed by atoms with van der Waals surface area (Å²) in [4.78, 5) is 15.3. The number of rotatable bonds is 3. The van der Waals surface area contributed by atoms with Crippen LogP contribution in [0.4, 0.5) is 0 Å². The van der Waals surface area contributed by atoms with E-state index in [1.807, 2.05) is 35.2 Å². The minimum atomic E-state index is -0.866. The summed E-state index contributed by atoms with van der Waals surface area (Å²) < 4.78 is 1.90. The van der Waals surface area contributed by atoms with Crippen molar-refractivity contribution in [2.45, 2.75) is 12.8 Å². The molecule has 0 saturated heterocycles. The maximum Gasteiger partial charge on any atom is 0.310 e. The first-order chi connectivity index (χ1) is 10.1.